The smallest absolute Gasteiger partial charge is 0.355 e. The predicted molar refractivity (Wildman–Crippen MR) is 91.0 cm³/mol. The van der Waals surface area contributed by atoms with E-state index >= 15 is 0 Å². The second-order valence-electron chi connectivity index (χ2n) is 5.72. The molecule has 26 heavy (non-hydrogen) atoms. The first-order valence-corrected chi connectivity index (χ1v) is 7.86. The Morgan fingerprint density at radius 1 is 1.23 bits per heavy atom. The van der Waals surface area contributed by atoms with Gasteiger partial charge in [-0.15, -0.1) is 0 Å². The molecular weight excluding hydrogens is 344 g/mol. The summed E-state index contributed by atoms with van der Waals surface area (Å²) >= 11 is 0. The maximum Gasteiger partial charge on any atom is 0.355 e. The molecule has 1 aromatic rings. The van der Waals surface area contributed by atoms with Crippen molar-refractivity contribution in [2.24, 2.45) is 0 Å². The molecule has 0 saturated heterocycles. The van der Waals surface area contributed by atoms with Crippen LogP contribution in [0, 0.1) is 10.1 Å². The number of carbonyl (C=O) groups excluding carboxylic acids is 2. The number of hydrogen-bond acceptors (Lipinski definition) is 8. The van der Waals surface area contributed by atoms with Crippen LogP contribution in [0.2, 0.25) is 0 Å². The van der Waals surface area contributed by atoms with Crippen LogP contribution < -0.4 is 4.90 Å². The van der Waals surface area contributed by atoms with Crippen molar-refractivity contribution in [2.45, 2.75) is 19.4 Å². The number of nitro groups is 1. The number of esters is 2. The van der Waals surface area contributed by atoms with E-state index in [1.165, 1.54) is 26.0 Å². The molecule has 9 nitrogen and oxygen atoms in total. The molecule has 1 aliphatic heterocycles. The number of ether oxygens (including phenoxy) is 3. The minimum atomic E-state index is -0.698. The van der Waals surface area contributed by atoms with Crippen LogP contribution in [0.5, 0.6) is 0 Å². The zero-order valence-corrected chi connectivity index (χ0v) is 14.8. The number of hydrogen-bond donors (Lipinski definition) is 0. The molecule has 0 fully saturated rings. The lowest BCUT2D eigenvalue weighted by Gasteiger charge is -2.31. The Balaban J connectivity index is 2.34. The standard InChI is InChI=1S/C17H20N2O7/c1-11(19(22)23)8-12-4-6-13(7-5-12)18-10-26-9-14(16(20)24-2)15(18)17(21)25-3/h4-7,11H,8-10H2,1-3H3. The van der Waals surface area contributed by atoms with Crippen LogP contribution in [-0.4, -0.2) is 50.5 Å². The molecule has 1 atom stereocenters. The maximum absolute atomic E-state index is 12.2. The number of carbonyl (C=O) groups is 2. The summed E-state index contributed by atoms with van der Waals surface area (Å²) in [6, 6.07) is 6.17. The van der Waals surface area contributed by atoms with Crippen molar-refractivity contribution in [3.63, 3.8) is 0 Å². The summed E-state index contributed by atoms with van der Waals surface area (Å²) in [5.74, 6) is -1.36. The summed E-state index contributed by atoms with van der Waals surface area (Å²) in [6.45, 7) is 1.52. The molecule has 0 aliphatic carbocycles. The first-order valence-electron chi connectivity index (χ1n) is 7.86. The molecule has 0 N–H and O–H groups in total. The lowest BCUT2D eigenvalue weighted by atomic mass is 10.1. The first-order chi connectivity index (χ1) is 12.4. The fourth-order valence-corrected chi connectivity index (χ4v) is 2.57. The van der Waals surface area contributed by atoms with E-state index in [1.807, 2.05) is 0 Å². The Kier molecular flexibility index (Phi) is 6.29. The van der Waals surface area contributed by atoms with Gasteiger partial charge >= 0.3 is 11.9 Å². The van der Waals surface area contributed by atoms with E-state index in [1.54, 1.807) is 24.3 Å². The summed E-state index contributed by atoms with van der Waals surface area (Å²) < 4.78 is 14.9. The maximum atomic E-state index is 12.2. The highest BCUT2D eigenvalue weighted by atomic mass is 16.6. The first kappa shape index (κ1) is 19.4. The van der Waals surface area contributed by atoms with Crippen LogP contribution in [0.1, 0.15) is 12.5 Å². The number of methoxy groups -OCH3 is 2. The molecule has 0 saturated carbocycles. The summed E-state index contributed by atoms with van der Waals surface area (Å²) in [5, 5.41) is 10.8. The highest BCUT2D eigenvalue weighted by molar-refractivity contribution is 6.03. The third-order valence-electron chi connectivity index (χ3n) is 3.97. The summed E-state index contributed by atoms with van der Waals surface area (Å²) in [5.41, 5.74) is 1.49. The van der Waals surface area contributed by atoms with Crippen LogP contribution >= 0.6 is 0 Å². The second kappa shape index (κ2) is 8.43. The number of nitrogens with zero attached hydrogens (tertiary/aromatic N) is 2. The van der Waals surface area contributed by atoms with Crippen LogP contribution in [0.3, 0.4) is 0 Å². The van der Waals surface area contributed by atoms with E-state index in [2.05, 4.69) is 0 Å². The van der Waals surface area contributed by atoms with Crippen molar-refractivity contribution in [1.29, 1.82) is 0 Å². The molecule has 9 heteroatoms. The van der Waals surface area contributed by atoms with Crippen molar-refractivity contribution >= 4 is 17.6 Å². The topological polar surface area (TPSA) is 108 Å². The Bertz CT molecular complexity index is 727. The van der Waals surface area contributed by atoms with Gasteiger partial charge in [-0.25, -0.2) is 9.59 Å². The van der Waals surface area contributed by atoms with Gasteiger partial charge in [-0.3, -0.25) is 10.1 Å². The Morgan fingerprint density at radius 3 is 2.38 bits per heavy atom. The summed E-state index contributed by atoms with van der Waals surface area (Å²) in [4.78, 5) is 36.1. The van der Waals surface area contributed by atoms with E-state index in [-0.39, 0.29) is 36.0 Å². The molecule has 0 spiro atoms. The van der Waals surface area contributed by atoms with E-state index in [0.717, 1.165) is 5.56 Å². The van der Waals surface area contributed by atoms with Crippen LogP contribution in [0.15, 0.2) is 35.5 Å². The van der Waals surface area contributed by atoms with E-state index in [9.17, 15) is 19.7 Å². The molecule has 0 radical (unpaired) electrons. The molecule has 1 heterocycles. The van der Waals surface area contributed by atoms with Gasteiger partial charge < -0.3 is 19.1 Å². The van der Waals surface area contributed by atoms with Crippen molar-refractivity contribution < 1.29 is 28.7 Å². The molecule has 0 aromatic heterocycles. The van der Waals surface area contributed by atoms with Crippen molar-refractivity contribution in [1.82, 2.24) is 0 Å². The van der Waals surface area contributed by atoms with E-state index in [4.69, 9.17) is 14.2 Å². The van der Waals surface area contributed by atoms with Gasteiger partial charge in [-0.1, -0.05) is 12.1 Å². The predicted octanol–water partition coefficient (Wildman–Crippen LogP) is 1.29. The Labute approximate surface area is 150 Å². The molecule has 0 bridgehead atoms. The third kappa shape index (κ3) is 4.17. The SMILES string of the molecule is COC(=O)C1=C(C(=O)OC)N(c2ccc(CC(C)[N+](=O)[O-])cc2)COC1. The highest BCUT2D eigenvalue weighted by Crippen LogP contribution is 2.27. The van der Waals surface area contributed by atoms with Crippen molar-refractivity contribution in [3.8, 4) is 0 Å². The molecule has 2 rings (SSSR count). The number of anilines is 1. The fraction of sp³-hybridized carbons (Fsp3) is 0.412. The zero-order valence-electron chi connectivity index (χ0n) is 14.8. The summed E-state index contributed by atoms with van der Waals surface area (Å²) in [7, 11) is 2.44. The monoisotopic (exact) mass is 364 g/mol. The van der Waals surface area contributed by atoms with Gasteiger partial charge in [0.25, 0.3) is 0 Å². The Hall–Kier alpha value is -2.94. The minimum Gasteiger partial charge on any atom is -0.466 e. The van der Waals surface area contributed by atoms with Gasteiger partial charge in [-0.2, -0.15) is 0 Å². The largest absolute Gasteiger partial charge is 0.466 e. The van der Waals surface area contributed by atoms with Gasteiger partial charge in [0.2, 0.25) is 6.04 Å². The number of rotatable bonds is 6. The Morgan fingerprint density at radius 2 is 1.85 bits per heavy atom. The molecule has 0 amide bonds. The average molecular weight is 364 g/mol. The quantitative estimate of drug-likeness (QED) is 0.422. The lowest BCUT2D eigenvalue weighted by molar-refractivity contribution is -0.517. The number of benzene rings is 1. The molecule has 140 valence electrons. The molecular formula is C17H20N2O7. The molecule has 1 unspecified atom stereocenters. The van der Waals surface area contributed by atoms with Crippen LogP contribution in [0.25, 0.3) is 0 Å². The third-order valence-corrected chi connectivity index (χ3v) is 3.97. The van der Waals surface area contributed by atoms with Gasteiger partial charge in [0.1, 0.15) is 12.4 Å². The fourth-order valence-electron chi connectivity index (χ4n) is 2.57. The van der Waals surface area contributed by atoms with E-state index < -0.39 is 18.0 Å². The highest BCUT2D eigenvalue weighted by Gasteiger charge is 2.32. The van der Waals surface area contributed by atoms with Gasteiger partial charge in [-0.05, 0) is 17.7 Å². The van der Waals surface area contributed by atoms with E-state index in [0.29, 0.717) is 5.69 Å². The van der Waals surface area contributed by atoms with Crippen molar-refractivity contribution in [2.75, 3.05) is 32.5 Å². The van der Waals surface area contributed by atoms with Gasteiger partial charge in [0.05, 0.1) is 26.4 Å². The summed E-state index contributed by atoms with van der Waals surface area (Å²) in [6.07, 6.45) is 0.289. The van der Waals surface area contributed by atoms with Gasteiger partial charge in [0, 0.05) is 24.0 Å². The van der Waals surface area contributed by atoms with Gasteiger partial charge in [0.15, 0.2) is 0 Å². The van der Waals surface area contributed by atoms with Crippen LogP contribution in [0.4, 0.5) is 5.69 Å². The lowest BCUT2D eigenvalue weighted by Crippen LogP contribution is -2.38. The zero-order chi connectivity index (χ0) is 19.3. The second-order valence-corrected chi connectivity index (χ2v) is 5.72. The molecule has 1 aliphatic rings. The molecule has 1 aromatic carbocycles. The minimum absolute atomic E-state index is 0.0512. The van der Waals surface area contributed by atoms with Crippen LogP contribution in [-0.2, 0) is 30.2 Å². The normalized spacial score (nSPS) is 15.4. The average Bonchev–Trinajstić information content (AvgIpc) is 2.66. The van der Waals surface area contributed by atoms with Crippen molar-refractivity contribution in [3.05, 3.63) is 51.2 Å².